The summed E-state index contributed by atoms with van der Waals surface area (Å²) in [4.78, 5) is 37.9. The van der Waals surface area contributed by atoms with Gasteiger partial charge < -0.3 is 14.2 Å². The molecule has 0 N–H and O–H groups in total. The third kappa shape index (κ3) is 48.0. The molecule has 0 aliphatic rings. The van der Waals surface area contributed by atoms with E-state index in [2.05, 4.69) is 81.5 Å². The van der Waals surface area contributed by atoms with Gasteiger partial charge in [0.25, 0.3) is 0 Å². The van der Waals surface area contributed by atoms with E-state index in [1.165, 1.54) is 122 Å². The zero-order valence-corrected chi connectivity index (χ0v) is 40.2. The summed E-state index contributed by atoms with van der Waals surface area (Å²) in [5.74, 6) is -0.914. The van der Waals surface area contributed by atoms with Crippen molar-refractivity contribution in [1.82, 2.24) is 0 Å². The predicted molar refractivity (Wildman–Crippen MR) is 261 cm³/mol. The average Bonchev–Trinajstić information content (AvgIpc) is 3.26. The van der Waals surface area contributed by atoms with Crippen LogP contribution in [-0.2, 0) is 28.6 Å². The monoisotopic (exact) mass is 853 g/mol. The molecule has 0 radical (unpaired) electrons. The van der Waals surface area contributed by atoms with Crippen molar-refractivity contribution >= 4 is 17.9 Å². The maximum Gasteiger partial charge on any atom is 0.306 e. The molecule has 352 valence electrons. The number of rotatable bonds is 46. The van der Waals surface area contributed by atoms with E-state index in [9.17, 15) is 14.4 Å². The van der Waals surface area contributed by atoms with Crippen molar-refractivity contribution in [2.24, 2.45) is 0 Å². The van der Waals surface area contributed by atoms with Crippen LogP contribution in [-0.4, -0.2) is 37.2 Å². The molecule has 0 aliphatic carbocycles. The summed E-state index contributed by atoms with van der Waals surface area (Å²) in [7, 11) is 0. The van der Waals surface area contributed by atoms with Crippen LogP contribution in [0, 0.1) is 0 Å². The first kappa shape index (κ1) is 58.1. The molecule has 61 heavy (non-hydrogen) atoms. The first-order valence-electron chi connectivity index (χ1n) is 25.8. The van der Waals surface area contributed by atoms with Gasteiger partial charge in [-0.15, -0.1) is 0 Å². The summed E-state index contributed by atoms with van der Waals surface area (Å²) in [6.07, 6.45) is 60.5. The second-order valence-corrected chi connectivity index (χ2v) is 17.2. The van der Waals surface area contributed by atoms with E-state index in [1.54, 1.807) is 0 Å². The third-order valence-electron chi connectivity index (χ3n) is 11.1. The molecule has 0 spiro atoms. The van der Waals surface area contributed by atoms with Crippen molar-refractivity contribution in [1.29, 1.82) is 0 Å². The van der Waals surface area contributed by atoms with Gasteiger partial charge in [0.05, 0.1) is 0 Å². The van der Waals surface area contributed by atoms with Gasteiger partial charge in [-0.05, 0) is 70.6 Å². The van der Waals surface area contributed by atoms with Gasteiger partial charge in [-0.25, -0.2) is 0 Å². The highest BCUT2D eigenvalue weighted by Crippen LogP contribution is 2.14. The van der Waals surface area contributed by atoms with Gasteiger partial charge in [-0.3, -0.25) is 14.4 Å². The van der Waals surface area contributed by atoms with Gasteiger partial charge in [-0.1, -0.05) is 223 Å². The lowest BCUT2D eigenvalue weighted by Gasteiger charge is -2.18. The van der Waals surface area contributed by atoms with Crippen LogP contribution >= 0.6 is 0 Å². The van der Waals surface area contributed by atoms with E-state index in [0.717, 1.165) is 89.9 Å². The van der Waals surface area contributed by atoms with E-state index in [-0.39, 0.29) is 31.1 Å². The smallest absolute Gasteiger partial charge is 0.306 e. The fourth-order valence-corrected chi connectivity index (χ4v) is 7.14. The minimum absolute atomic E-state index is 0.0845. The van der Waals surface area contributed by atoms with E-state index < -0.39 is 6.10 Å². The molecule has 0 aromatic rings. The number of carbonyl (C=O) groups excluding carboxylic acids is 3. The lowest BCUT2D eigenvalue weighted by Crippen LogP contribution is -2.30. The van der Waals surface area contributed by atoms with Crippen LogP contribution in [0.3, 0.4) is 0 Å². The Labute approximate surface area is 377 Å². The van der Waals surface area contributed by atoms with Crippen LogP contribution in [0.25, 0.3) is 0 Å². The number of hydrogen-bond donors (Lipinski definition) is 0. The topological polar surface area (TPSA) is 78.9 Å². The summed E-state index contributed by atoms with van der Waals surface area (Å²) in [5, 5.41) is 0. The first-order valence-corrected chi connectivity index (χ1v) is 25.8. The van der Waals surface area contributed by atoms with E-state index in [4.69, 9.17) is 14.2 Å². The lowest BCUT2D eigenvalue weighted by atomic mass is 10.1. The minimum Gasteiger partial charge on any atom is -0.462 e. The summed E-state index contributed by atoms with van der Waals surface area (Å²) in [5.41, 5.74) is 0. The van der Waals surface area contributed by atoms with Crippen LogP contribution in [0.4, 0.5) is 0 Å². The normalized spacial score (nSPS) is 12.5. The number of unbranched alkanes of at least 4 members (excludes halogenated alkanes) is 28. The van der Waals surface area contributed by atoms with Crippen LogP contribution < -0.4 is 0 Å². The number of esters is 3. The Balaban J connectivity index is 4.40. The largest absolute Gasteiger partial charge is 0.462 e. The fourth-order valence-electron chi connectivity index (χ4n) is 7.14. The number of carbonyl (C=O) groups is 3. The SMILES string of the molecule is CCCCC/C=C\C=C/CCCCCCCCC(=O)OC(COC(=O)CCCCCCC\C=C/C=C\C=C/CCCCCCC)COC(=O)CCCCCCCCCCCC. The number of ether oxygens (including phenoxy) is 3. The Hall–Kier alpha value is -2.89. The van der Waals surface area contributed by atoms with Crippen molar-refractivity contribution in [2.75, 3.05) is 13.2 Å². The highest BCUT2D eigenvalue weighted by atomic mass is 16.6. The summed E-state index contributed by atoms with van der Waals surface area (Å²) >= 11 is 0. The van der Waals surface area contributed by atoms with Gasteiger partial charge >= 0.3 is 17.9 Å². The van der Waals surface area contributed by atoms with Crippen molar-refractivity contribution in [2.45, 2.75) is 258 Å². The molecule has 0 aromatic heterocycles. The summed E-state index contributed by atoms with van der Waals surface area (Å²) < 4.78 is 16.8. The Morgan fingerprint density at radius 2 is 0.590 bits per heavy atom. The van der Waals surface area contributed by atoms with Gasteiger partial charge in [0.2, 0.25) is 0 Å². The molecular formula is C55H96O6. The number of allylic oxidation sites excluding steroid dienone is 10. The van der Waals surface area contributed by atoms with Crippen molar-refractivity contribution in [3.05, 3.63) is 60.8 Å². The molecule has 0 heterocycles. The Morgan fingerprint density at radius 1 is 0.328 bits per heavy atom. The molecule has 0 amide bonds. The van der Waals surface area contributed by atoms with Gasteiger partial charge in [-0.2, -0.15) is 0 Å². The van der Waals surface area contributed by atoms with Crippen LogP contribution in [0.2, 0.25) is 0 Å². The standard InChI is InChI=1S/C55H96O6/c1-4-7-10-13-16-19-22-24-26-27-28-30-31-33-36-39-42-45-48-54(57)60-51-52(50-59-53(56)47-44-41-38-35-21-18-15-12-9-6-3)61-55(58)49-46-43-40-37-34-32-29-25-23-20-17-14-11-8-5-2/h17,20,22-28,30,52H,4-16,18-19,21,29,31-51H2,1-3H3/b20-17-,24-22-,25-23-,27-26-,30-28-. The van der Waals surface area contributed by atoms with Gasteiger partial charge in [0.15, 0.2) is 6.10 Å². The summed E-state index contributed by atoms with van der Waals surface area (Å²) in [6, 6.07) is 0. The number of hydrogen-bond acceptors (Lipinski definition) is 6. The molecule has 1 unspecified atom stereocenters. The molecular weight excluding hydrogens is 757 g/mol. The average molecular weight is 853 g/mol. The first-order chi connectivity index (χ1) is 30.0. The summed E-state index contributed by atoms with van der Waals surface area (Å²) in [6.45, 7) is 6.56. The quantitative estimate of drug-likeness (QED) is 0.0263. The fraction of sp³-hybridized carbons (Fsp3) is 0.764. The predicted octanol–water partition coefficient (Wildman–Crippen LogP) is 16.9. The second kappa shape index (κ2) is 49.8. The Morgan fingerprint density at radius 3 is 0.951 bits per heavy atom. The molecule has 0 saturated heterocycles. The molecule has 0 saturated carbocycles. The molecule has 0 rings (SSSR count). The highest BCUT2D eigenvalue weighted by Gasteiger charge is 2.19. The van der Waals surface area contributed by atoms with Gasteiger partial charge in [0.1, 0.15) is 13.2 Å². The molecule has 0 bridgehead atoms. The minimum atomic E-state index is -0.786. The van der Waals surface area contributed by atoms with Crippen molar-refractivity contribution < 1.29 is 28.6 Å². The molecule has 1 atom stereocenters. The molecule has 6 nitrogen and oxygen atoms in total. The maximum absolute atomic E-state index is 12.8. The van der Waals surface area contributed by atoms with Crippen molar-refractivity contribution in [3.63, 3.8) is 0 Å². The Bertz CT molecular complexity index is 1120. The van der Waals surface area contributed by atoms with Crippen LogP contribution in [0.15, 0.2) is 60.8 Å². The van der Waals surface area contributed by atoms with Crippen LogP contribution in [0.1, 0.15) is 252 Å². The second-order valence-electron chi connectivity index (χ2n) is 17.2. The van der Waals surface area contributed by atoms with E-state index in [0.29, 0.717) is 19.3 Å². The molecule has 0 aliphatic heterocycles. The lowest BCUT2D eigenvalue weighted by molar-refractivity contribution is -0.167. The zero-order chi connectivity index (χ0) is 44.4. The third-order valence-corrected chi connectivity index (χ3v) is 11.1. The van der Waals surface area contributed by atoms with E-state index >= 15 is 0 Å². The van der Waals surface area contributed by atoms with Crippen LogP contribution in [0.5, 0.6) is 0 Å². The van der Waals surface area contributed by atoms with E-state index in [1.807, 2.05) is 0 Å². The van der Waals surface area contributed by atoms with Crippen molar-refractivity contribution in [3.8, 4) is 0 Å². The maximum atomic E-state index is 12.8. The molecule has 0 fully saturated rings. The molecule has 0 aromatic carbocycles. The highest BCUT2D eigenvalue weighted by molar-refractivity contribution is 5.71. The molecule has 6 heteroatoms. The Kier molecular flexibility index (Phi) is 47.4. The van der Waals surface area contributed by atoms with Gasteiger partial charge in [0, 0.05) is 19.3 Å². The zero-order valence-electron chi connectivity index (χ0n) is 40.2.